The molecule has 1 heterocycles. The number of aromatic nitrogens is 3. The summed E-state index contributed by atoms with van der Waals surface area (Å²) < 4.78 is 20.4. The molecule has 1 N–H and O–H groups in total. The SMILES string of the molecule is COCc1nnc(SCc2ccc(C(=O)NC3CC3)cc2)n1-c1ccc(F)cc1. The number of carbonyl (C=O) groups excluding carboxylic acids is 1. The quantitative estimate of drug-likeness (QED) is 0.571. The zero-order chi connectivity index (χ0) is 20.2. The topological polar surface area (TPSA) is 69.0 Å². The smallest absolute Gasteiger partial charge is 0.251 e. The zero-order valence-corrected chi connectivity index (χ0v) is 16.8. The van der Waals surface area contributed by atoms with Crippen molar-refractivity contribution in [3.05, 3.63) is 71.3 Å². The van der Waals surface area contributed by atoms with E-state index in [0.717, 1.165) is 24.1 Å². The minimum absolute atomic E-state index is 0.0213. The lowest BCUT2D eigenvalue weighted by Gasteiger charge is -2.10. The second kappa shape index (κ2) is 8.75. The van der Waals surface area contributed by atoms with Crippen molar-refractivity contribution in [3.8, 4) is 5.69 Å². The normalized spacial score (nSPS) is 13.4. The number of nitrogens with one attached hydrogen (secondary N) is 1. The van der Waals surface area contributed by atoms with Crippen LogP contribution < -0.4 is 5.32 Å². The zero-order valence-electron chi connectivity index (χ0n) is 16.0. The van der Waals surface area contributed by atoms with Crippen LogP contribution in [0.2, 0.25) is 0 Å². The van der Waals surface area contributed by atoms with Crippen LogP contribution in [-0.4, -0.2) is 33.8 Å². The van der Waals surface area contributed by atoms with E-state index in [2.05, 4.69) is 15.5 Å². The summed E-state index contributed by atoms with van der Waals surface area (Å²) >= 11 is 1.52. The Hall–Kier alpha value is -2.71. The Kier molecular flexibility index (Phi) is 5.92. The predicted octanol–water partition coefficient (Wildman–Crippen LogP) is 3.74. The van der Waals surface area contributed by atoms with E-state index in [1.54, 1.807) is 19.2 Å². The highest BCUT2D eigenvalue weighted by Gasteiger charge is 2.23. The van der Waals surface area contributed by atoms with Gasteiger partial charge in [-0.3, -0.25) is 9.36 Å². The van der Waals surface area contributed by atoms with E-state index >= 15 is 0 Å². The molecule has 0 bridgehead atoms. The molecule has 3 aromatic rings. The van der Waals surface area contributed by atoms with Crippen LogP contribution in [0, 0.1) is 5.82 Å². The summed E-state index contributed by atoms with van der Waals surface area (Å²) in [4.78, 5) is 12.1. The van der Waals surface area contributed by atoms with Crippen molar-refractivity contribution >= 4 is 17.7 Å². The maximum absolute atomic E-state index is 13.3. The van der Waals surface area contributed by atoms with Crippen molar-refractivity contribution in [1.29, 1.82) is 0 Å². The summed E-state index contributed by atoms with van der Waals surface area (Å²) in [5.74, 6) is 0.993. The van der Waals surface area contributed by atoms with Gasteiger partial charge in [0.25, 0.3) is 5.91 Å². The Morgan fingerprint density at radius 2 is 1.90 bits per heavy atom. The number of hydrogen-bond acceptors (Lipinski definition) is 5. The van der Waals surface area contributed by atoms with E-state index in [9.17, 15) is 9.18 Å². The lowest BCUT2D eigenvalue weighted by atomic mass is 10.1. The van der Waals surface area contributed by atoms with Gasteiger partial charge >= 0.3 is 0 Å². The maximum Gasteiger partial charge on any atom is 0.251 e. The van der Waals surface area contributed by atoms with Gasteiger partial charge in [0, 0.05) is 30.2 Å². The summed E-state index contributed by atoms with van der Waals surface area (Å²) in [5, 5.41) is 12.2. The first-order chi connectivity index (χ1) is 14.1. The first-order valence-corrected chi connectivity index (χ1v) is 10.3. The number of rotatable bonds is 8. The minimum Gasteiger partial charge on any atom is -0.377 e. The summed E-state index contributed by atoms with van der Waals surface area (Å²) in [6.07, 6.45) is 2.14. The molecule has 4 rings (SSSR count). The molecule has 0 spiro atoms. The number of ether oxygens (including phenoxy) is 1. The van der Waals surface area contributed by atoms with Crippen LogP contribution in [0.3, 0.4) is 0 Å². The minimum atomic E-state index is -0.296. The fourth-order valence-electron chi connectivity index (χ4n) is 2.86. The van der Waals surface area contributed by atoms with Crippen molar-refractivity contribution in [2.45, 2.75) is 36.4 Å². The molecule has 8 heteroatoms. The second-order valence-corrected chi connectivity index (χ2v) is 7.82. The highest BCUT2D eigenvalue weighted by molar-refractivity contribution is 7.98. The van der Waals surface area contributed by atoms with Crippen molar-refractivity contribution in [2.24, 2.45) is 0 Å². The molecule has 0 aliphatic heterocycles. The van der Waals surface area contributed by atoms with Crippen LogP contribution in [0.4, 0.5) is 4.39 Å². The van der Waals surface area contributed by atoms with Gasteiger partial charge in [0.1, 0.15) is 12.4 Å². The van der Waals surface area contributed by atoms with E-state index in [1.807, 2.05) is 28.8 Å². The number of nitrogens with zero attached hydrogens (tertiary/aromatic N) is 3. The van der Waals surface area contributed by atoms with Crippen molar-refractivity contribution in [2.75, 3.05) is 7.11 Å². The molecule has 1 fully saturated rings. The number of halogens is 1. The maximum atomic E-state index is 13.3. The summed E-state index contributed by atoms with van der Waals surface area (Å²) in [6.45, 7) is 0.301. The van der Waals surface area contributed by atoms with Crippen LogP contribution in [0.1, 0.15) is 34.6 Å². The van der Waals surface area contributed by atoms with E-state index < -0.39 is 0 Å². The van der Waals surface area contributed by atoms with E-state index in [1.165, 1.54) is 23.9 Å². The molecule has 0 atom stereocenters. The summed E-state index contributed by atoms with van der Waals surface area (Å²) in [7, 11) is 1.59. The number of amides is 1. The van der Waals surface area contributed by atoms with Gasteiger partial charge in [-0.25, -0.2) is 4.39 Å². The molecule has 1 aromatic heterocycles. The number of carbonyl (C=O) groups is 1. The van der Waals surface area contributed by atoms with Crippen molar-refractivity contribution in [1.82, 2.24) is 20.1 Å². The summed E-state index contributed by atoms with van der Waals surface area (Å²) in [6, 6.07) is 14.1. The largest absolute Gasteiger partial charge is 0.377 e. The van der Waals surface area contributed by atoms with Crippen LogP contribution in [0.25, 0.3) is 5.69 Å². The number of hydrogen-bond donors (Lipinski definition) is 1. The monoisotopic (exact) mass is 412 g/mol. The Labute approximate surface area is 172 Å². The number of benzene rings is 2. The number of methoxy groups -OCH3 is 1. The lowest BCUT2D eigenvalue weighted by molar-refractivity contribution is 0.0951. The Bertz CT molecular complexity index is 985. The van der Waals surface area contributed by atoms with Crippen LogP contribution in [0.15, 0.2) is 53.7 Å². The van der Waals surface area contributed by atoms with Gasteiger partial charge in [0.2, 0.25) is 0 Å². The molecule has 1 aliphatic carbocycles. The molecule has 0 unspecified atom stereocenters. The highest BCUT2D eigenvalue weighted by atomic mass is 32.2. The molecular formula is C21H21FN4O2S. The standard InChI is InChI=1S/C21H21FN4O2S/c1-28-12-19-24-25-21(26(19)18-10-6-16(22)7-11-18)29-13-14-2-4-15(5-3-14)20(27)23-17-8-9-17/h2-7,10-11,17H,8-9,12-13H2,1H3,(H,23,27). The third-order valence-electron chi connectivity index (χ3n) is 4.56. The molecule has 1 saturated carbocycles. The molecule has 150 valence electrons. The average molecular weight is 412 g/mol. The van der Waals surface area contributed by atoms with Gasteiger partial charge in [0.15, 0.2) is 11.0 Å². The fraction of sp³-hybridized carbons (Fsp3) is 0.286. The molecule has 6 nitrogen and oxygen atoms in total. The van der Waals surface area contributed by atoms with E-state index in [4.69, 9.17) is 4.74 Å². The third kappa shape index (κ3) is 4.83. The lowest BCUT2D eigenvalue weighted by Crippen LogP contribution is -2.25. The van der Waals surface area contributed by atoms with Gasteiger partial charge in [-0.1, -0.05) is 23.9 Å². The van der Waals surface area contributed by atoms with Crippen LogP contribution in [-0.2, 0) is 17.1 Å². The van der Waals surface area contributed by atoms with Gasteiger partial charge in [-0.05, 0) is 54.8 Å². The average Bonchev–Trinajstić information content (AvgIpc) is 3.46. The second-order valence-electron chi connectivity index (χ2n) is 6.88. The molecule has 29 heavy (non-hydrogen) atoms. The molecule has 1 aliphatic rings. The van der Waals surface area contributed by atoms with E-state index in [0.29, 0.717) is 34.9 Å². The predicted molar refractivity (Wildman–Crippen MR) is 109 cm³/mol. The van der Waals surface area contributed by atoms with Crippen molar-refractivity contribution in [3.63, 3.8) is 0 Å². The van der Waals surface area contributed by atoms with Gasteiger partial charge in [-0.15, -0.1) is 10.2 Å². The first-order valence-electron chi connectivity index (χ1n) is 9.36. The molecular weight excluding hydrogens is 391 g/mol. The Morgan fingerprint density at radius 3 is 2.55 bits per heavy atom. The number of thioether (sulfide) groups is 1. The molecule has 0 saturated heterocycles. The summed E-state index contributed by atoms with van der Waals surface area (Å²) in [5.41, 5.74) is 2.51. The molecule has 1 amide bonds. The van der Waals surface area contributed by atoms with Crippen LogP contribution in [0.5, 0.6) is 0 Å². The molecule has 2 aromatic carbocycles. The van der Waals surface area contributed by atoms with E-state index in [-0.39, 0.29) is 11.7 Å². The van der Waals surface area contributed by atoms with Crippen LogP contribution >= 0.6 is 11.8 Å². The van der Waals surface area contributed by atoms with Gasteiger partial charge in [-0.2, -0.15) is 0 Å². The Balaban J connectivity index is 1.47. The highest BCUT2D eigenvalue weighted by Crippen LogP contribution is 2.26. The van der Waals surface area contributed by atoms with Gasteiger partial charge < -0.3 is 10.1 Å². The fourth-order valence-corrected chi connectivity index (χ4v) is 3.79. The molecule has 0 radical (unpaired) electrons. The third-order valence-corrected chi connectivity index (χ3v) is 5.56. The van der Waals surface area contributed by atoms with Crippen molar-refractivity contribution < 1.29 is 13.9 Å². The first kappa shape index (κ1) is 19.6. The Morgan fingerprint density at radius 1 is 1.17 bits per heavy atom. The van der Waals surface area contributed by atoms with Gasteiger partial charge in [0.05, 0.1) is 0 Å².